The maximum absolute atomic E-state index is 13.6. The summed E-state index contributed by atoms with van der Waals surface area (Å²) in [6.07, 6.45) is 1.83. The smallest absolute Gasteiger partial charge is 0.127 e. The summed E-state index contributed by atoms with van der Waals surface area (Å²) in [6, 6.07) is 5.31. The van der Waals surface area contributed by atoms with Gasteiger partial charge < -0.3 is 5.32 Å². The standard InChI is InChI=1S/C15H23BrFN/c1-11(2)9-18-10-12(3)4-5-13-6-7-14(16)8-15(13)17/h6-8,11-12,18H,4-5,9-10H2,1-3H3. The molecule has 1 N–H and O–H groups in total. The molecule has 0 bridgehead atoms. The third kappa shape index (κ3) is 5.96. The van der Waals surface area contributed by atoms with Gasteiger partial charge in [-0.15, -0.1) is 0 Å². The lowest BCUT2D eigenvalue weighted by molar-refractivity contribution is 0.451. The van der Waals surface area contributed by atoms with E-state index in [9.17, 15) is 4.39 Å². The van der Waals surface area contributed by atoms with Crippen LogP contribution >= 0.6 is 15.9 Å². The molecule has 3 heteroatoms. The maximum atomic E-state index is 13.6. The second-order valence-electron chi connectivity index (χ2n) is 5.43. The molecule has 0 amide bonds. The highest BCUT2D eigenvalue weighted by Gasteiger charge is 2.07. The Morgan fingerprint density at radius 3 is 2.56 bits per heavy atom. The molecule has 0 saturated heterocycles. The molecule has 0 heterocycles. The summed E-state index contributed by atoms with van der Waals surface area (Å²) >= 11 is 3.27. The lowest BCUT2D eigenvalue weighted by Gasteiger charge is -2.14. The Kier molecular flexibility index (Phi) is 6.87. The van der Waals surface area contributed by atoms with E-state index in [1.807, 2.05) is 12.1 Å². The number of nitrogens with one attached hydrogen (secondary N) is 1. The highest BCUT2D eigenvalue weighted by atomic mass is 79.9. The molecule has 18 heavy (non-hydrogen) atoms. The summed E-state index contributed by atoms with van der Waals surface area (Å²) in [7, 11) is 0. The van der Waals surface area contributed by atoms with Crippen molar-refractivity contribution in [1.29, 1.82) is 0 Å². The third-order valence-electron chi connectivity index (χ3n) is 2.97. The van der Waals surface area contributed by atoms with E-state index in [-0.39, 0.29) is 5.82 Å². The molecule has 1 nitrogen and oxygen atoms in total. The molecule has 1 rings (SSSR count). The predicted molar refractivity (Wildman–Crippen MR) is 79.3 cm³/mol. The zero-order valence-electron chi connectivity index (χ0n) is 11.5. The molecule has 0 fully saturated rings. The van der Waals surface area contributed by atoms with E-state index in [0.717, 1.165) is 36.0 Å². The van der Waals surface area contributed by atoms with Gasteiger partial charge in [0.2, 0.25) is 0 Å². The van der Waals surface area contributed by atoms with Gasteiger partial charge in [0, 0.05) is 4.47 Å². The van der Waals surface area contributed by atoms with Crippen LogP contribution in [0.4, 0.5) is 4.39 Å². The van der Waals surface area contributed by atoms with Crippen LogP contribution in [0.15, 0.2) is 22.7 Å². The lowest BCUT2D eigenvalue weighted by atomic mass is 10.0. The first-order valence-corrected chi connectivity index (χ1v) is 7.43. The van der Waals surface area contributed by atoms with Gasteiger partial charge in [0.25, 0.3) is 0 Å². The monoisotopic (exact) mass is 315 g/mol. The van der Waals surface area contributed by atoms with Crippen LogP contribution in [0.5, 0.6) is 0 Å². The van der Waals surface area contributed by atoms with Crippen LogP contribution in [0.3, 0.4) is 0 Å². The topological polar surface area (TPSA) is 12.0 Å². The van der Waals surface area contributed by atoms with Crippen LogP contribution < -0.4 is 5.32 Å². The van der Waals surface area contributed by atoms with E-state index < -0.39 is 0 Å². The molecule has 1 atom stereocenters. The fourth-order valence-electron chi connectivity index (χ4n) is 1.85. The number of rotatable bonds is 7. The van der Waals surface area contributed by atoms with Gasteiger partial charge in [-0.3, -0.25) is 0 Å². The van der Waals surface area contributed by atoms with Crippen molar-refractivity contribution in [3.63, 3.8) is 0 Å². The molecule has 0 aliphatic rings. The predicted octanol–water partition coefficient (Wildman–Crippen LogP) is 4.40. The summed E-state index contributed by atoms with van der Waals surface area (Å²) in [4.78, 5) is 0. The van der Waals surface area contributed by atoms with Gasteiger partial charge in [0.15, 0.2) is 0 Å². The molecule has 102 valence electrons. The molecule has 0 aromatic heterocycles. The molecule has 1 aromatic carbocycles. The molecular weight excluding hydrogens is 293 g/mol. The van der Waals surface area contributed by atoms with Crippen molar-refractivity contribution < 1.29 is 4.39 Å². The summed E-state index contributed by atoms with van der Waals surface area (Å²) in [5, 5.41) is 3.44. The van der Waals surface area contributed by atoms with E-state index in [1.54, 1.807) is 0 Å². The van der Waals surface area contributed by atoms with Crippen molar-refractivity contribution in [2.24, 2.45) is 11.8 Å². The van der Waals surface area contributed by atoms with Crippen LogP contribution in [0, 0.1) is 17.7 Å². The van der Waals surface area contributed by atoms with Crippen LogP contribution in [-0.2, 0) is 6.42 Å². The van der Waals surface area contributed by atoms with Crippen molar-refractivity contribution in [3.8, 4) is 0 Å². The molecule has 0 radical (unpaired) electrons. The first kappa shape index (κ1) is 15.6. The summed E-state index contributed by atoms with van der Waals surface area (Å²) in [5.41, 5.74) is 0.814. The van der Waals surface area contributed by atoms with Crippen molar-refractivity contribution in [2.45, 2.75) is 33.6 Å². The third-order valence-corrected chi connectivity index (χ3v) is 3.46. The van der Waals surface area contributed by atoms with Crippen molar-refractivity contribution in [2.75, 3.05) is 13.1 Å². The normalized spacial score (nSPS) is 13.0. The fourth-order valence-corrected chi connectivity index (χ4v) is 2.18. The second-order valence-corrected chi connectivity index (χ2v) is 6.35. The quantitative estimate of drug-likeness (QED) is 0.786. The van der Waals surface area contributed by atoms with E-state index in [0.29, 0.717) is 11.8 Å². The largest absolute Gasteiger partial charge is 0.316 e. The Balaban J connectivity index is 2.31. The van der Waals surface area contributed by atoms with Gasteiger partial charge in [-0.2, -0.15) is 0 Å². The highest BCUT2D eigenvalue weighted by Crippen LogP contribution is 2.18. The Bertz CT molecular complexity index is 366. The fraction of sp³-hybridized carbons (Fsp3) is 0.600. The van der Waals surface area contributed by atoms with E-state index in [2.05, 4.69) is 42.0 Å². The van der Waals surface area contributed by atoms with Crippen LogP contribution in [-0.4, -0.2) is 13.1 Å². The maximum Gasteiger partial charge on any atom is 0.127 e. The first-order chi connectivity index (χ1) is 8.49. The van der Waals surface area contributed by atoms with Gasteiger partial charge in [-0.25, -0.2) is 4.39 Å². The molecule has 0 aliphatic carbocycles. The minimum absolute atomic E-state index is 0.105. The number of benzene rings is 1. The molecular formula is C15H23BrFN. The summed E-state index contributed by atoms with van der Waals surface area (Å²) in [5.74, 6) is 1.15. The highest BCUT2D eigenvalue weighted by molar-refractivity contribution is 9.10. The zero-order valence-corrected chi connectivity index (χ0v) is 13.1. The van der Waals surface area contributed by atoms with Gasteiger partial charge in [-0.05, 0) is 55.5 Å². The average molecular weight is 316 g/mol. The Labute approximate surface area is 118 Å². The second kappa shape index (κ2) is 7.90. The zero-order chi connectivity index (χ0) is 13.5. The lowest BCUT2D eigenvalue weighted by Crippen LogP contribution is -2.25. The summed E-state index contributed by atoms with van der Waals surface area (Å²) < 4.78 is 14.4. The Hall–Kier alpha value is -0.410. The molecule has 0 saturated carbocycles. The van der Waals surface area contributed by atoms with Crippen LogP contribution in [0.2, 0.25) is 0 Å². The van der Waals surface area contributed by atoms with E-state index >= 15 is 0 Å². The Morgan fingerprint density at radius 2 is 1.94 bits per heavy atom. The first-order valence-electron chi connectivity index (χ1n) is 6.63. The molecule has 0 aliphatic heterocycles. The van der Waals surface area contributed by atoms with E-state index in [4.69, 9.17) is 0 Å². The van der Waals surface area contributed by atoms with E-state index in [1.165, 1.54) is 6.07 Å². The Morgan fingerprint density at radius 1 is 1.22 bits per heavy atom. The number of hydrogen-bond donors (Lipinski definition) is 1. The van der Waals surface area contributed by atoms with Crippen molar-refractivity contribution in [3.05, 3.63) is 34.1 Å². The van der Waals surface area contributed by atoms with Gasteiger partial charge in [0.05, 0.1) is 0 Å². The summed E-state index contributed by atoms with van der Waals surface area (Å²) in [6.45, 7) is 8.68. The molecule has 0 spiro atoms. The minimum Gasteiger partial charge on any atom is -0.316 e. The minimum atomic E-state index is -0.105. The van der Waals surface area contributed by atoms with Crippen molar-refractivity contribution in [1.82, 2.24) is 5.32 Å². The number of halogens is 2. The van der Waals surface area contributed by atoms with Crippen LogP contribution in [0.25, 0.3) is 0 Å². The van der Waals surface area contributed by atoms with Crippen LogP contribution in [0.1, 0.15) is 32.8 Å². The van der Waals surface area contributed by atoms with Gasteiger partial charge >= 0.3 is 0 Å². The van der Waals surface area contributed by atoms with Crippen molar-refractivity contribution >= 4 is 15.9 Å². The SMILES string of the molecule is CC(C)CNCC(C)CCc1ccc(Br)cc1F. The molecule has 1 unspecified atom stereocenters. The average Bonchev–Trinajstić information content (AvgIpc) is 2.27. The van der Waals surface area contributed by atoms with Gasteiger partial charge in [0.1, 0.15) is 5.82 Å². The molecule has 1 aromatic rings. The number of aryl methyl sites for hydroxylation is 1. The number of hydrogen-bond acceptors (Lipinski definition) is 1. The van der Waals surface area contributed by atoms with Gasteiger partial charge in [-0.1, -0.05) is 42.8 Å².